The van der Waals surface area contributed by atoms with Gasteiger partial charge in [0.15, 0.2) is 0 Å². The third-order valence-corrected chi connectivity index (χ3v) is 5.35. The fourth-order valence-corrected chi connectivity index (χ4v) is 3.35. The molecule has 14 nitrogen and oxygen atoms in total. The van der Waals surface area contributed by atoms with E-state index in [0.717, 1.165) is 0 Å². The molecule has 0 radical (unpaired) electrons. The van der Waals surface area contributed by atoms with Crippen molar-refractivity contribution in [2.24, 2.45) is 11.7 Å². The van der Waals surface area contributed by atoms with E-state index in [2.05, 4.69) is 36.6 Å². The van der Waals surface area contributed by atoms with E-state index < -0.39 is 41.6 Å². The fraction of sp³-hybridized carbons (Fsp3) is 0.385. The first-order valence-corrected chi connectivity index (χ1v) is 12.5. The number of pyridine rings is 2. The minimum atomic E-state index is -0.901. The molecule has 2 aromatic rings. The van der Waals surface area contributed by atoms with Gasteiger partial charge in [0.05, 0.1) is 41.9 Å². The number of carbonyl (C=O) groups excluding carboxylic acids is 6. The van der Waals surface area contributed by atoms with Gasteiger partial charge in [0.25, 0.3) is 5.91 Å². The molecule has 0 saturated heterocycles. The van der Waals surface area contributed by atoms with Crippen LogP contribution in [0.1, 0.15) is 44.5 Å². The van der Waals surface area contributed by atoms with Crippen LogP contribution in [-0.2, 0) is 24.0 Å². The second kappa shape index (κ2) is 14.9. The predicted octanol–water partition coefficient (Wildman–Crippen LogP) is -0.531. The maximum atomic E-state index is 12.8. The van der Waals surface area contributed by atoms with Gasteiger partial charge in [-0.25, -0.2) is 0 Å². The summed E-state index contributed by atoms with van der Waals surface area (Å²) in [6, 6.07) is 4.65. The highest BCUT2D eigenvalue weighted by Gasteiger charge is 2.22. The number of nitrogens with one attached hydrogen (secondary N) is 5. The Morgan fingerprint density at radius 3 is 2.00 bits per heavy atom. The molecular weight excluding hydrogens is 520 g/mol. The number of hydrogen-bond donors (Lipinski definition) is 6. The summed E-state index contributed by atoms with van der Waals surface area (Å²) in [5.74, 6) is -2.93. The third-order valence-electron chi connectivity index (χ3n) is 5.35. The number of nitrogens with two attached hydrogens (primary N) is 1. The molecule has 0 aromatic carbocycles. The fourth-order valence-electron chi connectivity index (χ4n) is 3.35. The first-order chi connectivity index (χ1) is 18.8. The van der Waals surface area contributed by atoms with Crippen molar-refractivity contribution < 1.29 is 28.8 Å². The van der Waals surface area contributed by atoms with Gasteiger partial charge in [0.1, 0.15) is 12.1 Å². The van der Waals surface area contributed by atoms with Crippen molar-refractivity contribution in [2.75, 3.05) is 18.4 Å². The number of anilines is 1. The number of nitrogens with zero attached hydrogens (tertiary/aromatic N) is 2. The summed E-state index contributed by atoms with van der Waals surface area (Å²) in [6.07, 6.45) is 3.16. The minimum Gasteiger partial charge on any atom is -0.368 e. The van der Waals surface area contributed by atoms with Crippen molar-refractivity contribution in [3.63, 3.8) is 0 Å². The Morgan fingerprint density at radius 1 is 0.825 bits per heavy atom. The molecule has 0 bridgehead atoms. The molecule has 6 amide bonds. The SMILES string of the molecule is CC(=O)NCC(=O)N[C@@H](CC(C)C)C(=O)Nc1ccc(-c2ccc(C(=O)N[C@@H](C)C(=O)NCC(N)=O)cn2)nc1. The van der Waals surface area contributed by atoms with Crippen LogP contribution in [0.25, 0.3) is 11.4 Å². The average Bonchev–Trinajstić information content (AvgIpc) is 2.90. The predicted molar refractivity (Wildman–Crippen MR) is 145 cm³/mol. The van der Waals surface area contributed by atoms with E-state index in [-0.39, 0.29) is 30.5 Å². The molecule has 2 heterocycles. The van der Waals surface area contributed by atoms with Crippen LogP contribution in [0.5, 0.6) is 0 Å². The van der Waals surface area contributed by atoms with Gasteiger partial charge in [0, 0.05) is 13.1 Å². The summed E-state index contributed by atoms with van der Waals surface area (Å²) in [5.41, 5.74) is 6.54. The summed E-state index contributed by atoms with van der Waals surface area (Å²) >= 11 is 0. The molecule has 0 aliphatic rings. The third kappa shape index (κ3) is 10.5. The summed E-state index contributed by atoms with van der Waals surface area (Å²) in [6.45, 7) is 6.03. The zero-order chi connectivity index (χ0) is 29.8. The van der Waals surface area contributed by atoms with Gasteiger partial charge in [-0.05, 0) is 43.5 Å². The largest absolute Gasteiger partial charge is 0.368 e. The van der Waals surface area contributed by atoms with Gasteiger partial charge in [0.2, 0.25) is 29.5 Å². The summed E-state index contributed by atoms with van der Waals surface area (Å²) in [7, 11) is 0. The van der Waals surface area contributed by atoms with Crippen LogP contribution in [0.4, 0.5) is 5.69 Å². The Kier molecular flexibility index (Phi) is 11.7. The lowest BCUT2D eigenvalue weighted by atomic mass is 10.0. The van der Waals surface area contributed by atoms with Crippen LogP contribution in [0.15, 0.2) is 36.7 Å². The van der Waals surface area contributed by atoms with E-state index >= 15 is 0 Å². The highest BCUT2D eigenvalue weighted by molar-refractivity contribution is 5.98. The molecule has 0 spiro atoms. The van der Waals surface area contributed by atoms with E-state index in [1.165, 1.54) is 32.3 Å². The summed E-state index contributed by atoms with van der Waals surface area (Å²) in [4.78, 5) is 79.6. The number of carbonyl (C=O) groups is 6. The smallest absolute Gasteiger partial charge is 0.253 e. The molecule has 7 N–H and O–H groups in total. The lowest BCUT2D eigenvalue weighted by Gasteiger charge is -2.20. The highest BCUT2D eigenvalue weighted by Crippen LogP contribution is 2.17. The summed E-state index contributed by atoms with van der Waals surface area (Å²) in [5, 5.41) is 12.6. The highest BCUT2D eigenvalue weighted by atomic mass is 16.2. The van der Waals surface area contributed by atoms with Crippen molar-refractivity contribution in [3.05, 3.63) is 42.2 Å². The molecule has 0 aliphatic heterocycles. The van der Waals surface area contributed by atoms with Gasteiger partial charge in [-0.2, -0.15) is 0 Å². The van der Waals surface area contributed by atoms with E-state index in [1.54, 1.807) is 18.2 Å². The molecule has 40 heavy (non-hydrogen) atoms. The average molecular weight is 555 g/mol. The van der Waals surface area contributed by atoms with Gasteiger partial charge in [-0.1, -0.05) is 13.8 Å². The Hall–Kier alpha value is -4.88. The molecule has 14 heteroatoms. The molecule has 214 valence electrons. The van der Waals surface area contributed by atoms with E-state index in [0.29, 0.717) is 23.5 Å². The molecule has 0 aliphatic carbocycles. The number of primary amides is 1. The number of amides is 6. The van der Waals surface area contributed by atoms with Gasteiger partial charge in [-0.3, -0.25) is 38.7 Å². The summed E-state index contributed by atoms with van der Waals surface area (Å²) < 4.78 is 0. The maximum Gasteiger partial charge on any atom is 0.253 e. The Bertz CT molecular complexity index is 1230. The van der Waals surface area contributed by atoms with E-state index in [4.69, 9.17) is 5.73 Å². The van der Waals surface area contributed by atoms with Crippen LogP contribution >= 0.6 is 0 Å². The number of aromatic nitrogens is 2. The zero-order valence-corrected chi connectivity index (χ0v) is 22.7. The lowest BCUT2D eigenvalue weighted by molar-refractivity contribution is -0.128. The van der Waals surface area contributed by atoms with Crippen LogP contribution in [0.3, 0.4) is 0 Å². The quantitative estimate of drug-likeness (QED) is 0.189. The first-order valence-electron chi connectivity index (χ1n) is 12.5. The standard InChI is InChI=1S/C26H34N8O6/c1-14(2)9-21(34-23(37)13-28-16(4)35)26(40)33-18-6-8-20(30-11-18)19-7-5-17(10-29-19)25(39)32-15(3)24(38)31-12-22(27)36/h5-8,10-11,14-15,21H,9,12-13H2,1-4H3,(H2,27,36)(H,28,35)(H,31,38)(H,32,39)(H,33,40)(H,34,37)/t15-,21-/m0/s1. The lowest BCUT2D eigenvalue weighted by Crippen LogP contribution is -2.47. The number of rotatable bonds is 13. The normalized spacial score (nSPS) is 12.0. The maximum absolute atomic E-state index is 12.8. The topological polar surface area (TPSA) is 214 Å². The van der Waals surface area contributed by atoms with Crippen molar-refractivity contribution in [2.45, 2.75) is 46.2 Å². The van der Waals surface area contributed by atoms with Crippen LogP contribution in [0.2, 0.25) is 0 Å². The molecule has 0 unspecified atom stereocenters. The van der Waals surface area contributed by atoms with Crippen molar-refractivity contribution in [3.8, 4) is 11.4 Å². The molecular formula is C26H34N8O6. The molecule has 0 saturated carbocycles. The molecule has 2 aromatic heterocycles. The van der Waals surface area contributed by atoms with Crippen LogP contribution < -0.4 is 32.3 Å². The van der Waals surface area contributed by atoms with E-state index in [1.807, 2.05) is 13.8 Å². The first kappa shape index (κ1) is 31.3. The Labute approximate surface area is 231 Å². The van der Waals surface area contributed by atoms with E-state index in [9.17, 15) is 28.8 Å². The second-order valence-electron chi connectivity index (χ2n) is 9.39. The van der Waals surface area contributed by atoms with Gasteiger partial charge >= 0.3 is 0 Å². The zero-order valence-electron chi connectivity index (χ0n) is 22.7. The molecule has 2 atom stereocenters. The van der Waals surface area contributed by atoms with Crippen LogP contribution in [0, 0.1) is 5.92 Å². The van der Waals surface area contributed by atoms with Crippen molar-refractivity contribution in [1.29, 1.82) is 0 Å². The Balaban J connectivity index is 1.99. The minimum absolute atomic E-state index is 0.121. The number of hydrogen-bond acceptors (Lipinski definition) is 8. The van der Waals surface area contributed by atoms with Gasteiger partial charge < -0.3 is 32.3 Å². The van der Waals surface area contributed by atoms with Gasteiger partial charge in [-0.15, -0.1) is 0 Å². The second-order valence-corrected chi connectivity index (χ2v) is 9.39. The van der Waals surface area contributed by atoms with Crippen molar-refractivity contribution in [1.82, 2.24) is 31.2 Å². The Morgan fingerprint density at radius 2 is 1.48 bits per heavy atom. The monoisotopic (exact) mass is 554 g/mol. The van der Waals surface area contributed by atoms with Crippen molar-refractivity contribution >= 4 is 41.1 Å². The van der Waals surface area contributed by atoms with Crippen LogP contribution in [-0.4, -0.2) is 70.6 Å². The molecule has 0 fully saturated rings. The molecule has 2 rings (SSSR count).